The molecule has 0 radical (unpaired) electrons. The summed E-state index contributed by atoms with van der Waals surface area (Å²) in [6.07, 6.45) is 11.8. The summed E-state index contributed by atoms with van der Waals surface area (Å²) in [5.74, 6) is 20.7. The van der Waals surface area contributed by atoms with Crippen molar-refractivity contribution in [3.63, 3.8) is 0 Å². The maximum Gasteiger partial charge on any atom is 0.167 e. The van der Waals surface area contributed by atoms with Gasteiger partial charge in [0.05, 0.1) is 39.3 Å². The molecule has 21 nitrogen and oxygen atoms in total. The van der Waals surface area contributed by atoms with E-state index in [1.54, 1.807) is 6.07 Å². The van der Waals surface area contributed by atoms with Crippen molar-refractivity contribution in [1.82, 2.24) is 73.9 Å². The van der Waals surface area contributed by atoms with Crippen LogP contribution in [-0.4, -0.2) is 152 Å². The fourth-order valence-electron chi connectivity index (χ4n) is 14.1. The maximum absolute atomic E-state index is 12.8. The third-order valence-electron chi connectivity index (χ3n) is 20.2. The number of benzene rings is 6. The summed E-state index contributed by atoms with van der Waals surface area (Å²) in [6.45, 7) is 14.1. The van der Waals surface area contributed by atoms with Gasteiger partial charge in [0.25, 0.3) is 0 Å². The lowest BCUT2D eigenvalue weighted by atomic mass is 9.98. The number of hydrogen-bond donors (Lipinski definition) is 3. The average molecular weight is 1460 g/mol. The van der Waals surface area contributed by atoms with Crippen LogP contribution in [0.1, 0.15) is 156 Å². The van der Waals surface area contributed by atoms with Gasteiger partial charge in [-0.05, 0) is 215 Å². The van der Waals surface area contributed by atoms with Gasteiger partial charge in [0.15, 0.2) is 28.5 Å². The molecule has 0 bridgehead atoms. The van der Waals surface area contributed by atoms with Crippen LogP contribution in [-0.2, 0) is 30.5 Å². The Morgan fingerprint density at radius 3 is 1.22 bits per heavy atom. The molecule has 546 valence electrons. The number of piperidine rings is 3. The SMILES string of the molecule is Cc1cccc(C(=O)Cc2ccc(Cl)c(C#Cc3nn(C4CCN(C)CC4)c4ncnc(N)c34)c2)c1.Cc1cccc(C(=O)Cc2cccc(C#Cc3nn(C4CCN(C)CC4)c4ncnc(N)c34)c2)c1.Cc1cccc(CC(=O)Cc2ccc(C)c(C#Cc3nn(C4CCN(C)CC4)c4ncnc(N)c34)c2)c1. The number of Topliss-reactive ketones (excluding diaryl/α,β-unsaturated/α-hetero) is 3. The number of aromatic nitrogens is 12. The van der Waals surface area contributed by atoms with Crippen LogP contribution in [0.5, 0.6) is 0 Å². The van der Waals surface area contributed by atoms with Crippen molar-refractivity contribution in [3.8, 4) is 35.5 Å². The zero-order valence-electron chi connectivity index (χ0n) is 62.0. The molecule has 108 heavy (non-hydrogen) atoms. The lowest BCUT2D eigenvalue weighted by Gasteiger charge is -2.29. The minimum absolute atomic E-state index is 0.0488. The third kappa shape index (κ3) is 18.0. The Hall–Kier alpha value is -11.8. The molecule has 6 aromatic carbocycles. The largest absolute Gasteiger partial charge is 0.383 e. The highest BCUT2D eigenvalue weighted by Gasteiger charge is 2.28. The van der Waals surface area contributed by atoms with Crippen LogP contribution in [0.15, 0.2) is 152 Å². The molecule has 3 aliphatic rings. The molecule has 15 rings (SSSR count). The summed E-state index contributed by atoms with van der Waals surface area (Å²) in [7, 11) is 6.40. The zero-order valence-corrected chi connectivity index (χ0v) is 62.8. The van der Waals surface area contributed by atoms with Gasteiger partial charge >= 0.3 is 0 Å². The highest BCUT2D eigenvalue weighted by atomic mass is 35.5. The van der Waals surface area contributed by atoms with Gasteiger partial charge < -0.3 is 31.9 Å². The van der Waals surface area contributed by atoms with Gasteiger partial charge in [-0.3, -0.25) is 14.4 Å². The van der Waals surface area contributed by atoms with Crippen LogP contribution < -0.4 is 17.2 Å². The molecule has 12 aromatic rings. The van der Waals surface area contributed by atoms with Crippen molar-refractivity contribution in [3.05, 3.63) is 247 Å². The van der Waals surface area contributed by atoms with Crippen molar-refractivity contribution in [1.29, 1.82) is 0 Å². The Balaban J connectivity index is 0.000000143. The number of anilines is 3. The summed E-state index contributed by atoms with van der Waals surface area (Å²) in [6, 6.07) is 43.4. The molecule has 3 saturated heterocycles. The van der Waals surface area contributed by atoms with Crippen LogP contribution >= 0.6 is 11.6 Å². The molecule has 22 heteroatoms. The molecule has 0 unspecified atom stereocenters. The van der Waals surface area contributed by atoms with Crippen molar-refractivity contribution in [2.75, 3.05) is 77.6 Å². The van der Waals surface area contributed by atoms with Crippen molar-refractivity contribution >= 4 is 79.5 Å². The first kappa shape index (κ1) is 74.5. The quantitative estimate of drug-likeness (QED) is 0.0715. The predicted molar refractivity (Wildman–Crippen MR) is 426 cm³/mol. The number of aryl methyl sites for hydroxylation is 4. The maximum atomic E-state index is 12.8. The predicted octanol–water partition coefficient (Wildman–Crippen LogP) is 12.3. The first-order valence-corrected chi connectivity index (χ1v) is 36.9. The molecule has 0 aliphatic carbocycles. The van der Waals surface area contributed by atoms with Crippen molar-refractivity contribution < 1.29 is 14.4 Å². The van der Waals surface area contributed by atoms with E-state index in [0.29, 0.717) is 91.8 Å². The van der Waals surface area contributed by atoms with Crippen LogP contribution in [0.4, 0.5) is 17.5 Å². The van der Waals surface area contributed by atoms with Gasteiger partial charge in [-0.15, -0.1) is 0 Å². The van der Waals surface area contributed by atoms with E-state index in [-0.39, 0.29) is 41.9 Å². The summed E-state index contributed by atoms with van der Waals surface area (Å²) < 4.78 is 5.90. The van der Waals surface area contributed by atoms with Gasteiger partial charge in [-0.1, -0.05) is 137 Å². The lowest BCUT2D eigenvalue weighted by molar-refractivity contribution is -0.117. The number of carbonyl (C=O) groups excluding carboxylic acids is 3. The minimum Gasteiger partial charge on any atom is -0.383 e. The Morgan fingerprint density at radius 1 is 0.407 bits per heavy atom. The van der Waals surface area contributed by atoms with Gasteiger partial charge in [0.1, 0.15) is 59.3 Å². The van der Waals surface area contributed by atoms with Crippen molar-refractivity contribution in [2.45, 2.75) is 110 Å². The molecule has 6 N–H and O–H groups in total. The summed E-state index contributed by atoms with van der Waals surface area (Å²) in [5, 5.41) is 17.1. The molecule has 6 aromatic heterocycles. The number of carbonyl (C=O) groups is 3. The Morgan fingerprint density at radius 2 is 0.778 bits per heavy atom. The average Bonchev–Trinajstić information content (AvgIpc) is 1.65. The number of nitrogens with two attached hydrogens (primary N) is 3. The van der Waals surface area contributed by atoms with E-state index < -0.39 is 0 Å². The first-order chi connectivity index (χ1) is 52.2. The number of ketones is 3. The van der Waals surface area contributed by atoms with E-state index in [9.17, 15) is 14.4 Å². The Bertz CT molecular complexity index is 5560. The Labute approximate surface area is 634 Å². The fourth-order valence-corrected chi connectivity index (χ4v) is 14.3. The fraction of sp³-hybridized carbons (Fsp3) is 0.302. The number of rotatable bonds is 13. The molecule has 0 amide bonds. The molecule has 3 aliphatic heterocycles. The molecular weight excluding hydrogens is 1370 g/mol. The summed E-state index contributed by atoms with van der Waals surface area (Å²) >= 11 is 6.46. The number of nitrogens with zero attached hydrogens (tertiary/aromatic N) is 15. The molecular formula is C86H87ClN18O3. The van der Waals surface area contributed by atoms with Crippen molar-refractivity contribution in [2.24, 2.45) is 0 Å². The van der Waals surface area contributed by atoms with Crippen LogP contribution in [0.3, 0.4) is 0 Å². The second-order valence-corrected chi connectivity index (χ2v) is 29.0. The van der Waals surface area contributed by atoms with Gasteiger partial charge in [-0.25, -0.2) is 43.9 Å². The number of hydrogen-bond acceptors (Lipinski definition) is 18. The monoisotopic (exact) mass is 1450 g/mol. The highest BCUT2D eigenvalue weighted by Crippen LogP contribution is 2.33. The third-order valence-corrected chi connectivity index (χ3v) is 20.5. The summed E-state index contributed by atoms with van der Waals surface area (Å²) in [5.41, 5.74) is 34.4. The number of fused-ring (bicyclic) bond motifs is 3. The molecule has 3 fully saturated rings. The van der Waals surface area contributed by atoms with Crippen LogP contribution in [0.25, 0.3) is 33.1 Å². The highest BCUT2D eigenvalue weighted by molar-refractivity contribution is 6.31. The first-order valence-electron chi connectivity index (χ1n) is 36.6. The van der Waals surface area contributed by atoms with E-state index in [1.165, 1.54) is 19.0 Å². The standard InChI is InChI=1S/C30H32N6O.C28H27ClN6O.C28H28N6O/c1-20-5-4-6-22(15-20)17-26(37)18-23-8-7-21(2)24(16-23)9-10-27-28-29(31)32-19-33-30(28)36(34-27)25-11-13-35(3)14-12-25;1-18-4-3-5-21(14-18)25(36)16-19-6-8-23(29)20(15-19)7-9-24-26-27(30)31-17-32-28(26)35(33-24)22-10-12-34(2)13-11-22;1-19-5-3-8-22(15-19)25(35)17-21-7-4-6-20(16-21)9-10-24-26-27(29)30-18-31-28(26)34(32-24)23-11-13-33(2)14-12-23/h4-8,15-16,19,25H,11-14,17-18H2,1-3H3,(H2,31,32,33);3-6,8,14-15,17,22H,10-13,16H2,1-2H3,(H2,30,31,32);3-8,15-16,18,23H,11-14,17H2,1-2H3,(H2,29,30,31). The second kappa shape index (κ2) is 33.8. The number of nitrogen functional groups attached to an aromatic ring is 3. The lowest BCUT2D eigenvalue weighted by Crippen LogP contribution is -2.32. The smallest absolute Gasteiger partial charge is 0.167 e. The van der Waals surface area contributed by atoms with Crippen LogP contribution in [0, 0.1) is 63.2 Å². The Kier molecular flexibility index (Phi) is 23.3. The normalized spacial score (nSPS) is 14.5. The van der Waals surface area contributed by atoms with Crippen LogP contribution in [0.2, 0.25) is 5.02 Å². The number of likely N-dealkylation sites (tertiary alicyclic amines) is 3. The van der Waals surface area contributed by atoms with E-state index in [1.807, 2.05) is 163 Å². The van der Waals surface area contributed by atoms with E-state index in [0.717, 1.165) is 150 Å². The summed E-state index contributed by atoms with van der Waals surface area (Å²) in [4.78, 5) is 71.2. The van der Waals surface area contributed by atoms with Gasteiger partial charge in [-0.2, -0.15) is 15.3 Å². The number of halogens is 1. The van der Waals surface area contributed by atoms with Gasteiger partial charge in [0, 0.05) is 53.5 Å². The van der Waals surface area contributed by atoms with E-state index in [4.69, 9.17) is 44.1 Å². The molecule has 0 atom stereocenters. The second-order valence-electron chi connectivity index (χ2n) is 28.6. The van der Waals surface area contributed by atoms with E-state index >= 15 is 0 Å². The molecule has 0 spiro atoms. The molecule has 0 saturated carbocycles. The zero-order chi connectivity index (χ0) is 75.5. The van der Waals surface area contributed by atoms with E-state index in [2.05, 4.69) is 107 Å². The van der Waals surface area contributed by atoms with Gasteiger partial charge in [0.2, 0.25) is 0 Å². The topological polar surface area (TPSA) is 270 Å². The minimum atomic E-state index is 0.0488. The molecule has 9 heterocycles.